The molecule has 21 heavy (non-hydrogen) atoms. The lowest BCUT2D eigenvalue weighted by Gasteiger charge is -2.27. The topological polar surface area (TPSA) is 49.8 Å². The van der Waals surface area contributed by atoms with E-state index in [0.29, 0.717) is 24.3 Å². The average molecular weight is 289 g/mol. The van der Waals surface area contributed by atoms with Crippen molar-refractivity contribution in [3.8, 4) is 5.75 Å². The molecule has 1 aliphatic heterocycles. The van der Waals surface area contributed by atoms with Gasteiger partial charge in [0.05, 0.1) is 7.11 Å². The summed E-state index contributed by atoms with van der Waals surface area (Å²) in [6, 6.07) is 8.89. The maximum atomic E-state index is 11.0. The summed E-state index contributed by atoms with van der Waals surface area (Å²) in [6.45, 7) is 2.01. The first kappa shape index (κ1) is 14.4. The van der Waals surface area contributed by atoms with Crippen LogP contribution in [0, 0.1) is 11.8 Å². The quantitative estimate of drug-likeness (QED) is 0.905. The molecule has 3 unspecified atom stereocenters. The molecule has 2 aliphatic rings. The number of aliphatic carboxylic acids is 1. The molecule has 3 atom stereocenters. The van der Waals surface area contributed by atoms with E-state index in [1.165, 1.54) is 12.0 Å². The summed E-state index contributed by atoms with van der Waals surface area (Å²) >= 11 is 0. The number of carbonyl (C=O) groups is 1. The fourth-order valence-electron chi connectivity index (χ4n) is 3.96. The van der Waals surface area contributed by atoms with Gasteiger partial charge in [-0.05, 0) is 48.8 Å². The van der Waals surface area contributed by atoms with E-state index in [1.807, 2.05) is 12.1 Å². The van der Waals surface area contributed by atoms with Gasteiger partial charge in [-0.15, -0.1) is 0 Å². The van der Waals surface area contributed by atoms with Crippen molar-refractivity contribution in [2.24, 2.45) is 11.8 Å². The number of hydrogen-bond donors (Lipinski definition) is 1. The van der Waals surface area contributed by atoms with Crippen LogP contribution in [0.4, 0.5) is 0 Å². The molecule has 1 aromatic carbocycles. The van der Waals surface area contributed by atoms with Crippen LogP contribution in [0.2, 0.25) is 0 Å². The first-order valence-electron chi connectivity index (χ1n) is 7.74. The van der Waals surface area contributed by atoms with Gasteiger partial charge in [0.15, 0.2) is 0 Å². The minimum atomic E-state index is -0.646. The number of hydrogen-bond acceptors (Lipinski definition) is 3. The van der Waals surface area contributed by atoms with Gasteiger partial charge in [-0.1, -0.05) is 12.1 Å². The lowest BCUT2D eigenvalue weighted by atomic mass is 9.78. The number of benzene rings is 1. The Hall–Kier alpha value is -1.55. The number of ether oxygens (including phenoxy) is 1. The second kappa shape index (κ2) is 6.06. The van der Waals surface area contributed by atoms with E-state index >= 15 is 0 Å². The van der Waals surface area contributed by atoms with Crippen LogP contribution >= 0.6 is 0 Å². The third-order valence-corrected chi connectivity index (χ3v) is 5.08. The van der Waals surface area contributed by atoms with Gasteiger partial charge in [0, 0.05) is 25.6 Å². The molecule has 3 rings (SSSR count). The Labute approximate surface area is 125 Å². The Bertz CT molecular complexity index is 499. The molecule has 114 valence electrons. The number of fused-ring (bicyclic) bond motifs is 2. The highest BCUT2D eigenvalue weighted by Gasteiger charge is 2.40. The predicted octanol–water partition coefficient (Wildman–Crippen LogP) is 2.77. The van der Waals surface area contributed by atoms with Crippen molar-refractivity contribution < 1.29 is 14.6 Å². The summed E-state index contributed by atoms with van der Waals surface area (Å²) < 4.78 is 5.19. The van der Waals surface area contributed by atoms with E-state index in [2.05, 4.69) is 17.0 Å². The van der Waals surface area contributed by atoms with E-state index in [9.17, 15) is 4.79 Å². The first-order chi connectivity index (χ1) is 10.2. The maximum absolute atomic E-state index is 11.0. The number of nitrogens with zero attached hydrogens (tertiary/aromatic N) is 1. The molecule has 1 aromatic rings. The Kier molecular flexibility index (Phi) is 4.15. The van der Waals surface area contributed by atoms with Gasteiger partial charge in [0.2, 0.25) is 0 Å². The van der Waals surface area contributed by atoms with Gasteiger partial charge in [-0.3, -0.25) is 9.69 Å². The largest absolute Gasteiger partial charge is 0.497 e. The minimum Gasteiger partial charge on any atom is -0.497 e. The zero-order valence-electron chi connectivity index (χ0n) is 12.5. The molecular formula is C17H23NO3. The number of methoxy groups -OCH3 is 1. The monoisotopic (exact) mass is 289 g/mol. The highest BCUT2D eigenvalue weighted by molar-refractivity contribution is 5.67. The number of carboxylic acids is 1. The maximum Gasteiger partial charge on any atom is 0.303 e. The third-order valence-electron chi connectivity index (χ3n) is 5.08. The van der Waals surface area contributed by atoms with Crippen molar-refractivity contribution in [2.45, 2.75) is 38.3 Å². The lowest BCUT2D eigenvalue weighted by Crippen LogP contribution is -2.28. The van der Waals surface area contributed by atoms with Gasteiger partial charge in [0.1, 0.15) is 5.75 Å². The van der Waals surface area contributed by atoms with Crippen LogP contribution in [-0.2, 0) is 11.3 Å². The lowest BCUT2D eigenvalue weighted by molar-refractivity contribution is -0.138. The van der Waals surface area contributed by atoms with Crippen molar-refractivity contribution in [3.63, 3.8) is 0 Å². The van der Waals surface area contributed by atoms with Crippen LogP contribution in [0.25, 0.3) is 0 Å². The Morgan fingerprint density at radius 3 is 2.76 bits per heavy atom. The van der Waals surface area contributed by atoms with E-state index < -0.39 is 5.97 Å². The summed E-state index contributed by atoms with van der Waals surface area (Å²) in [5.41, 5.74) is 1.30. The molecular weight excluding hydrogens is 266 g/mol. The Balaban J connectivity index is 1.61. The van der Waals surface area contributed by atoms with Gasteiger partial charge >= 0.3 is 5.97 Å². The molecule has 0 radical (unpaired) electrons. The summed E-state index contributed by atoms with van der Waals surface area (Å²) in [7, 11) is 1.68. The third kappa shape index (κ3) is 3.21. The smallest absolute Gasteiger partial charge is 0.303 e. The van der Waals surface area contributed by atoms with Crippen LogP contribution in [0.5, 0.6) is 5.75 Å². The van der Waals surface area contributed by atoms with Crippen LogP contribution in [0.3, 0.4) is 0 Å². The molecule has 2 bridgehead atoms. The minimum absolute atomic E-state index is 0.341. The highest BCUT2D eigenvalue weighted by Crippen LogP contribution is 2.41. The molecule has 0 spiro atoms. The predicted molar refractivity (Wildman–Crippen MR) is 80.3 cm³/mol. The molecule has 0 aromatic heterocycles. The molecule has 0 amide bonds. The van der Waals surface area contributed by atoms with E-state index in [-0.39, 0.29) is 0 Å². The van der Waals surface area contributed by atoms with Crippen LogP contribution in [0.15, 0.2) is 24.3 Å². The van der Waals surface area contributed by atoms with Crippen LogP contribution in [0.1, 0.15) is 31.2 Å². The zero-order chi connectivity index (χ0) is 14.8. The van der Waals surface area contributed by atoms with Gasteiger partial charge < -0.3 is 9.84 Å². The standard InChI is InChI=1S/C17H23NO3/c1-21-16-6-2-12(3-7-16)10-18-11-14-8-15(18)5-4-13(14)9-17(19)20/h2-3,6-7,13-15H,4-5,8-11H2,1H3,(H,19,20). The molecule has 4 heteroatoms. The van der Waals surface area contributed by atoms with Gasteiger partial charge in [-0.25, -0.2) is 0 Å². The Morgan fingerprint density at radius 2 is 2.10 bits per heavy atom. The average Bonchev–Trinajstić information content (AvgIpc) is 2.80. The summed E-state index contributed by atoms with van der Waals surface area (Å²) in [4.78, 5) is 13.5. The van der Waals surface area contributed by atoms with Crippen LogP contribution in [-0.4, -0.2) is 35.7 Å². The van der Waals surface area contributed by atoms with Gasteiger partial charge in [-0.2, -0.15) is 0 Å². The molecule has 1 saturated heterocycles. The molecule has 2 fully saturated rings. The molecule has 1 N–H and O–H groups in total. The summed E-state index contributed by atoms with van der Waals surface area (Å²) in [5.74, 6) is 1.19. The summed E-state index contributed by atoms with van der Waals surface area (Å²) in [6.07, 6.45) is 3.73. The number of carboxylic acid groups (broad SMARTS) is 1. The van der Waals surface area contributed by atoms with E-state index in [4.69, 9.17) is 9.84 Å². The van der Waals surface area contributed by atoms with E-state index in [1.54, 1.807) is 7.11 Å². The second-order valence-electron chi connectivity index (χ2n) is 6.36. The van der Waals surface area contributed by atoms with Crippen molar-refractivity contribution in [1.82, 2.24) is 4.90 Å². The van der Waals surface area contributed by atoms with E-state index in [0.717, 1.165) is 31.7 Å². The van der Waals surface area contributed by atoms with Crippen molar-refractivity contribution >= 4 is 5.97 Å². The first-order valence-corrected chi connectivity index (χ1v) is 7.74. The molecule has 1 saturated carbocycles. The fourth-order valence-corrected chi connectivity index (χ4v) is 3.96. The summed E-state index contributed by atoms with van der Waals surface area (Å²) in [5, 5.41) is 9.02. The zero-order valence-corrected chi connectivity index (χ0v) is 12.5. The number of likely N-dealkylation sites (tertiary alicyclic amines) is 1. The Morgan fingerprint density at radius 1 is 1.33 bits per heavy atom. The van der Waals surface area contributed by atoms with Gasteiger partial charge in [0.25, 0.3) is 0 Å². The fraction of sp³-hybridized carbons (Fsp3) is 0.588. The van der Waals surface area contributed by atoms with Crippen molar-refractivity contribution in [2.75, 3.05) is 13.7 Å². The molecule has 4 nitrogen and oxygen atoms in total. The molecule has 1 heterocycles. The van der Waals surface area contributed by atoms with Crippen LogP contribution < -0.4 is 4.74 Å². The normalized spacial score (nSPS) is 28.5. The SMILES string of the molecule is COc1ccc(CN2CC3CC2CCC3CC(=O)O)cc1. The second-order valence-corrected chi connectivity index (χ2v) is 6.36. The van der Waals surface area contributed by atoms with Crippen molar-refractivity contribution in [1.29, 1.82) is 0 Å². The number of rotatable bonds is 5. The van der Waals surface area contributed by atoms with Crippen molar-refractivity contribution in [3.05, 3.63) is 29.8 Å². The highest BCUT2D eigenvalue weighted by atomic mass is 16.5. The molecule has 1 aliphatic carbocycles.